The van der Waals surface area contributed by atoms with E-state index in [2.05, 4.69) is 36.2 Å². The van der Waals surface area contributed by atoms with Crippen LogP contribution in [0, 0.1) is 0 Å². The molecule has 0 spiro atoms. The minimum absolute atomic E-state index is 0.939. The molecule has 15 heavy (non-hydrogen) atoms. The smallest absolute Gasteiger partial charge is 0.0309 e. The third kappa shape index (κ3) is 2.21. The summed E-state index contributed by atoms with van der Waals surface area (Å²) < 4.78 is 0. The summed E-state index contributed by atoms with van der Waals surface area (Å²) in [6.07, 6.45) is 2.92. The summed E-state index contributed by atoms with van der Waals surface area (Å²) in [6, 6.07) is 8.38. The van der Waals surface area contributed by atoms with Gasteiger partial charge in [0.25, 0.3) is 0 Å². The van der Waals surface area contributed by atoms with E-state index in [1.165, 1.54) is 16.8 Å². The van der Waals surface area contributed by atoms with Gasteiger partial charge in [0.2, 0.25) is 0 Å². The second-order valence-corrected chi connectivity index (χ2v) is 4.44. The van der Waals surface area contributed by atoms with Gasteiger partial charge in [-0.15, -0.1) is 0 Å². The summed E-state index contributed by atoms with van der Waals surface area (Å²) in [5.74, 6) is 0. The maximum absolute atomic E-state index is 5.12. The van der Waals surface area contributed by atoms with Gasteiger partial charge in [-0.25, -0.2) is 0 Å². The molecule has 0 atom stereocenters. The van der Waals surface area contributed by atoms with Crippen LogP contribution < -0.4 is 0 Å². The number of nitrogens with zero attached hydrogens (tertiary/aromatic N) is 1. The summed E-state index contributed by atoms with van der Waals surface area (Å²) in [5.41, 5.74) is 4.85. The Morgan fingerprint density at radius 2 is 1.93 bits per heavy atom. The molecule has 0 aromatic heterocycles. The van der Waals surface area contributed by atoms with Crippen LogP contribution in [0.25, 0.3) is 5.57 Å². The molecular weight excluding hydrogens is 202 g/mol. The molecular formula is C13H13NS. The van der Waals surface area contributed by atoms with Crippen LogP contribution in [0.4, 0.5) is 0 Å². The third-order valence-electron chi connectivity index (χ3n) is 2.55. The lowest BCUT2D eigenvalue weighted by atomic mass is 10.0. The van der Waals surface area contributed by atoms with Gasteiger partial charge in [0.1, 0.15) is 0 Å². The first-order valence-corrected chi connectivity index (χ1v) is 5.41. The van der Waals surface area contributed by atoms with Gasteiger partial charge in [0.05, 0.1) is 0 Å². The Labute approximate surface area is 95.5 Å². The van der Waals surface area contributed by atoms with E-state index in [4.69, 9.17) is 12.2 Å². The zero-order valence-corrected chi connectivity index (χ0v) is 9.77. The van der Waals surface area contributed by atoms with E-state index in [0.717, 1.165) is 16.8 Å². The van der Waals surface area contributed by atoms with Crippen molar-refractivity contribution in [1.82, 2.24) is 0 Å². The molecule has 1 heterocycles. The Kier molecular flexibility index (Phi) is 2.78. The zero-order valence-electron chi connectivity index (χ0n) is 8.95. The van der Waals surface area contributed by atoms with Gasteiger partial charge in [-0.05, 0) is 30.5 Å². The molecule has 1 aliphatic heterocycles. The van der Waals surface area contributed by atoms with Crippen LogP contribution in [0.2, 0.25) is 0 Å². The summed E-state index contributed by atoms with van der Waals surface area (Å²) >= 11 is 5.12. The van der Waals surface area contributed by atoms with Crippen molar-refractivity contribution in [1.29, 1.82) is 0 Å². The second-order valence-electron chi connectivity index (χ2n) is 3.83. The highest BCUT2D eigenvalue weighted by Crippen LogP contribution is 2.23. The summed E-state index contributed by atoms with van der Waals surface area (Å²) in [6.45, 7) is 4.01. The number of hydrogen-bond donors (Lipinski definition) is 0. The van der Waals surface area contributed by atoms with E-state index >= 15 is 0 Å². The molecule has 1 aromatic carbocycles. The van der Waals surface area contributed by atoms with Crippen LogP contribution in [0.5, 0.6) is 0 Å². The summed E-state index contributed by atoms with van der Waals surface area (Å²) in [4.78, 5) is 5.22. The number of allylic oxidation sites excluding steroid dienone is 1. The molecule has 1 nitrogen and oxygen atoms in total. The minimum atomic E-state index is 0.939. The van der Waals surface area contributed by atoms with E-state index in [-0.39, 0.29) is 0 Å². The van der Waals surface area contributed by atoms with Crippen LogP contribution >= 0.6 is 12.2 Å². The fourth-order valence-corrected chi connectivity index (χ4v) is 1.79. The normalized spacial score (nSPS) is 14.8. The van der Waals surface area contributed by atoms with Gasteiger partial charge in [-0.3, -0.25) is 4.99 Å². The minimum Gasteiger partial charge on any atom is -0.265 e. The highest BCUT2D eigenvalue weighted by atomic mass is 32.1. The lowest BCUT2D eigenvalue weighted by Crippen LogP contribution is -1.92. The maximum atomic E-state index is 5.12. The molecule has 1 aliphatic rings. The zero-order chi connectivity index (χ0) is 10.8. The molecule has 0 N–H and O–H groups in total. The average Bonchev–Trinajstić information content (AvgIpc) is 2.65. The number of rotatable bonds is 2. The number of benzene rings is 1. The Morgan fingerprint density at radius 3 is 2.40 bits per heavy atom. The predicted octanol–water partition coefficient (Wildman–Crippen LogP) is 3.63. The van der Waals surface area contributed by atoms with Gasteiger partial charge in [-0.2, -0.15) is 0 Å². The first-order valence-electron chi connectivity index (χ1n) is 5.00. The van der Waals surface area contributed by atoms with Crippen LogP contribution in [0.3, 0.4) is 0 Å². The average molecular weight is 215 g/mol. The van der Waals surface area contributed by atoms with Crippen LogP contribution in [-0.4, -0.2) is 10.6 Å². The molecule has 0 saturated carbocycles. The molecule has 0 radical (unpaired) electrons. The number of aliphatic imine (C=N–C) groups is 1. The first-order chi connectivity index (χ1) is 7.16. The van der Waals surface area contributed by atoms with Crippen molar-refractivity contribution >= 4 is 28.4 Å². The topological polar surface area (TPSA) is 12.4 Å². The van der Waals surface area contributed by atoms with Gasteiger partial charge in [0.15, 0.2) is 0 Å². The lowest BCUT2D eigenvalue weighted by Gasteiger charge is -2.03. The van der Waals surface area contributed by atoms with Gasteiger partial charge >= 0.3 is 0 Å². The van der Waals surface area contributed by atoms with Crippen molar-refractivity contribution in [2.45, 2.75) is 20.3 Å². The van der Waals surface area contributed by atoms with Crippen molar-refractivity contribution in [2.24, 2.45) is 4.99 Å². The quantitative estimate of drug-likeness (QED) is 0.542. The molecule has 1 aromatic rings. The van der Waals surface area contributed by atoms with Crippen LogP contribution in [-0.2, 0) is 0 Å². The fraction of sp³-hybridized carbons (Fsp3) is 0.231. The highest BCUT2D eigenvalue weighted by Gasteiger charge is 2.08. The van der Waals surface area contributed by atoms with Crippen molar-refractivity contribution in [3.8, 4) is 0 Å². The molecule has 0 saturated heterocycles. The molecule has 0 unspecified atom stereocenters. The molecule has 0 amide bonds. The lowest BCUT2D eigenvalue weighted by molar-refractivity contribution is 1.47. The Balaban J connectivity index is 2.22. The molecule has 0 aliphatic carbocycles. The molecule has 2 rings (SSSR count). The number of thiocarbonyl (C=S) groups is 1. The number of hydrogen-bond acceptors (Lipinski definition) is 2. The molecule has 0 bridgehead atoms. The SMILES string of the molecule is CC(=S)c1ccc(C2=CN=C(C)C2)cc1. The van der Waals surface area contributed by atoms with E-state index in [9.17, 15) is 0 Å². The van der Waals surface area contributed by atoms with E-state index in [1.807, 2.05) is 13.1 Å². The van der Waals surface area contributed by atoms with Crippen LogP contribution in [0.1, 0.15) is 31.4 Å². The predicted molar refractivity (Wildman–Crippen MR) is 69.5 cm³/mol. The molecule has 0 fully saturated rings. The molecule has 76 valence electrons. The maximum Gasteiger partial charge on any atom is 0.0309 e. The van der Waals surface area contributed by atoms with E-state index in [0.29, 0.717) is 0 Å². The third-order valence-corrected chi connectivity index (χ3v) is 2.78. The van der Waals surface area contributed by atoms with Crippen molar-refractivity contribution < 1.29 is 0 Å². The second kappa shape index (κ2) is 4.07. The van der Waals surface area contributed by atoms with Crippen molar-refractivity contribution in [3.05, 3.63) is 41.6 Å². The molecule has 2 heteroatoms. The van der Waals surface area contributed by atoms with Gasteiger partial charge in [0, 0.05) is 23.2 Å². The van der Waals surface area contributed by atoms with E-state index in [1.54, 1.807) is 0 Å². The van der Waals surface area contributed by atoms with Gasteiger partial charge in [-0.1, -0.05) is 36.5 Å². The highest BCUT2D eigenvalue weighted by molar-refractivity contribution is 7.80. The Morgan fingerprint density at radius 1 is 1.27 bits per heavy atom. The monoisotopic (exact) mass is 215 g/mol. The first kappa shape index (κ1) is 10.2. The summed E-state index contributed by atoms with van der Waals surface area (Å²) in [7, 11) is 0. The Bertz CT molecular complexity index is 452. The fourth-order valence-electron chi connectivity index (χ4n) is 1.65. The van der Waals surface area contributed by atoms with Gasteiger partial charge < -0.3 is 0 Å². The van der Waals surface area contributed by atoms with E-state index < -0.39 is 0 Å². The van der Waals surface area contributed by atoms with Crippen molar-refractivity contribution in [2.75, 3.05) is 0 Å². The van der Waals surface area contributed by atoms with Crippen molar-refractivity contribution in [3.63, 3.8) is 0 Å². The Hall–Kier alpha value is -1.28. The largest absolute Gasteiger partial charge is 0.265 e. The van der Waals surface area contributed by atoms with Crippen LogP contribution in [0.15, 0.2) is 35.5 Å². The standard InChI is InChI=1S/C13H13NS/c1-9-7-13(8-14-9)12-5-3-11(4-6-12)10(2)15/h3-6,8H,7H2,1-2H3. The summed E-state index contributed by atoms with van der Waals surface area (Å²) in [5, 5.41) is 0.